The Hall–Kier alpha value is -0.660. The standard InChI is InChI=1S/C13H15N3OS2.2ClH/c17-12(15-7-9-5-14-6-9)4-10-8-19-13(16-10)11-2-1-3-18-11;;/h1-3,8-9,14H,4-7H2,(H,15,17);2*1H. The molecule has 0 aromatic carbocycles. The molecule has 0 saturated carbocycles. The van der Waals surface area contributed by atoms with Gasteiger partial charge in [-0.05, 0) is 11.4 Å². The Morgan fingerprint density at radius 1 is 1.38 bits per heavy atom. The van der Waals surface area contributed by atoms with Crippen LogP contribution in [0.15, 0.2) is 22.9 Å². The quantitative estimate of drug-likeness (QED) is 0.855. The van der Waals surface area contributed by atoms with E-state index in [1.807, 2.05) is 16.8 Å². The van der Waals surface area contributed by atoms with E-state index in [1.54, 1.807) is 22.7 Å². The summed E-state index contributed by atoms with van der Waals surface area (Å²) in [6, 6.07) is 4.07. The van der Waals surface area contributed by atoms with Crippen molar-refractivity contribution >= 4 is 53.4 Å². The summed E-state index contributed by atoms with van der Waals surface area (Å²) in [5, 5.41) is 11.2. The summed E-state index contributed by atoms with van der Waals surface area (Å²) < 4.78 is 0. The Morgan fingerprint density at radius 2 is 2.19 bits per heavy atom. The Labute approximate surface area is 144 Å². The summed E-state index contributed by atoms with van der Waals surface area (Å²) in [7, 11) is 0. The molecule has 2 N–H and O–H groups in total. The second kappa shape index (κ2) is 8.70. The lowest BCUT2D eigenvalue weighted by Crippen LogP contribution is -2.48. The largest absolute Gasteiger partial charge is 0.355 e. The minimum atomic E-state index is 0. The van der Waals surface area contributed by atoms with Gasteiger partial charge in [0.15, 0.2) is 0 Å². The first-order chi connectivity index (χ1) is 9.31. The molecule has 4 nitrogen and oxygen atoms in total. The highest BCUT2D eigenvalue weighted by atomic mass is 35.5. The number of carbonyl (C=O) groups is 1. The van der Waals surface area contributed by atoms with Crippen molar-refractivity contribution < 1.29 is 4.79 Å². The van der Waals surface area contributed by atoms with Gasteiger partial charge in [0.25, 0.3) is 0 Å². The Morgan fingerprint density at radius 3 is 2.81 bits per heavy atom. The summed E-state index contributed by atoms with van der Waals surface area (Å²) >= 11 is 3.27. The minimum Gasteiger partial charge on any atom is -0.355 e. The molecule has 2 aromatic heterocycles. The van der Waals surface area contributed by atoms with E-state index in [4.69, 9.17) is 0 Å². The summed E-state index contributed by atoms with van der Waals surface area (Å²) in [4.78, 5) is 17.5. The predicted molar refractivity (Wildman–Crippen MR) is 93.0 cm³/mol. The number of nitrogens with zero attached hydrogens (tertiary/aromatic N) is 1. The highest BCUT2D eigenvalue weighted by Crippen LogP contribution is 2.27. The lowest BCUT2D eigenvalue weighted by molar-refractivity contribution is -0.120. The maximum absolute atomic E-state index is 11.8. The Bertz CT molecular complexity index is 556. The van der Waals surface area contributed by atoms with Crippen LogP contribution >= 0.6 is 47.5 Å². The van der Waals surface area contributed by atoms with Crippen LogP contribution in [-0.4, -0.2) is 30.5 Å². The number of amides is 1. The molecular formula is C13H17Cl2N3OS2. The third-order valence-electron chi connectivity index (χ3n) is 3.08. The fourth-order valence-electron chi connectivity index (χ4n) is 1.88. The molecular weight excluding hydrogens is 349 g/mol. The van der Waals surface area contributed by atoms with Crippen LogP contribution < -0.4 is 10.6 Å². The van der Waals surface area contributed by atoms with Crippen molar-refractivity contribution in [1.29, 1.82) is 0 Å². The molecule has 0 spiro atoms. The number of aromatic nitrogens is 1. The first-order valence-corrected chi connectivity index (χ1v) is 8.03. The van der Waals surface area contributed by atoms with Crippen LogP contribution in [0.25, 0.3) is 9.88 Å². The molecule has 8 heteroatoms. The lowest BCUT2D eigenvalue weighted by atomic mass is 10.0. The molecule has 1 saturated heterocycles. The highest BCUT2D eigenvalue weighted by molar-refractivity contribution is 7.20. The first kappa shape index (κ1) is 18.4. The number of rotatable bonds is 5. The minimum absolute atomic E-state index is 0. The number of nitrogens with one attached hydrogen (secondary N) is 2. The average molecular weight is 366 g/mol. The molecule has 116 valence electrons. The molecule has 0 radical (unpaired) electrons. The van der Waals surface area contributed by atoms with Crippen LogP contribution in [-0.2, 0) is 11.2 Å². The van der Waals surface area contributed by atoms with Gasteiger partial charge in [0.2, 0.25) is 5.91 Å². The molecule has 3 heterocycles. The van der Waals surface area contributed by atoms with Crippen molar-refractivity contribution in [3.8, 4) is 9.88 Å². The SMILES string of the molecule is Cl.Cl.O=C(Cc1csc(-c2cccs2)n1)NCC1CNC1. The smallest absolute Gasteiger partial charge is 0.226 e. The lowest BCUT2D eigenvalue weighted by Gasteiger charge is -2.26. The number of halogens is 2. The maximum atomic E-state index is 11.8. The van der Waals surface area contributed by atoms with E-state index in [9.17, 15) is 4.79 Å². The number of carbonyl (C=O) groups excluding carboxylic acids is 1. The molecule has 1 fully saturated rings. The second-order valence-corrected chi connectivity index (χ2v) is 6.43. The number of hydrogen-bond acceptors (Lipinski definition) is 5. The zero-order valence-electron chi connectivity index (χ0n) is 11.2. The molecule has 0 atom stereocenters. The fourth-order valence-corrected chi connectivity index (χ4v) is 3.51. The summed E-state index contributed by atoms with van der Waals surface area (Å²) in [6.45, 7) is 2.80. The van der Waals surface area contributed by atoms with Gasteiger partial charge in [-0.25, -0.2) is 4.98 Å². The van der Waals surface area contributed by atoms with E-state index in [0.717, 1.165) is 35.2 Å². The monoisotopic (exact) mass is 365 g/mol. The Balaban J connectivity index is 0.00000110. The van der Waals surface area contributed by atoms with Crippen molar-refractivity contribution in [3.05, 3.63) is 28.6 Å². The summed E-state index contributed by atoms with van der Waals surface area (Å²) in [5.74, 6) is 0.663. The van der Waals surface area contributed by atoms with Gasteiger partial charge in [0.1, 0.15) is 5.01 Å². The van der Waals surface area contributed by atoms with Gasteiger partial charge in [0.05, 0.1) is 17.0 Å². The normalized spacial score (nSPS) is 13.7. The van der Waals surface area contributed by atoms with Gasteiger partial charge in [-0.2, -0.15) is 0 Å². The first-order valence-electron chi connectivity index (χ1n) is 6.27. The van der Waals surface area contributed by atoms with Crippen molar-refractivity contribution in [1.82, 2.24) is 15.6 Å². The molecule has 0 aliphatic carbocycles. The van der Waals surface area contributed by atoms with E-state index < -0.39 is 0 Å². The van der Waals surface area contributed by atoms with Gasteiger partial charge in [-0.15, -0.1) is 47.5 Å². The van der Waals surface area contributed by atoms with E-state index in [0.29, 0.717) is 12.3 Å². The van der Waals surface area contributed by atoms with Gasteiger partial charge in [-0.3, -0.25) is 4.79 Å². The molecule has 1 amide bonds. The molecule has 0 unspecified atom stereocenters. The van der Waals surface area contributed by atoms with Crippen LogP contribution in [0.5, 0.6) is 0 Å². The summed E-state index contributed by atoms with van der Waals surface area (Å²) in [5.41, 5.74) is 0.859. The van der Waals surface area contributed by atoms with Gasteiger partial charge in [0, 0.05) is 30.9 Å². The van der Waals surface area contributed by atoms with Gasteiger partial charge >= 0.3 is 0 Å². The van der Waals surface area contributed by atoms with Crippen LogP contribution in [0.3, 0.4) is 0 Å². The van der Waals surface area contributed by atoms with E-state index >= 15 is 0 Å². The maximum Gasteiger partial charge on any atom is 0.226 e. The molecule has 1 aliphatic rings. The second-order valence-electron chi connectivity index (χ2n) is 4.63. The molecule has 1 aliphatic heterocycles. The fraction of sp³-hybridized carbons (Fsp3) is 0.385. The van der Waals surface area contributed by atoms with Gasteiger partial charge in [-0.1, -0.05) is 6.07 Å². The van der Waals surface area contributed by atoms with E-state index in [2.05, 4.69) is 21.7 Å². The van der Waals surface area contributed by atoms with E-state index in [-0.39, 0.29) is 30.7 Å². The molecule has 2 aromatic rings. The van der Waals surface area contributed by atoms with Crippen LogP contribution in [0.2, 0.25) is 0 Å². The van der Waals surface area contributed by atoms with Crippen molar-refractivity contribution in [2.75, 3.05) is 19.6 Å². The number of thiazole rings is 1. The van der Waals surface area contributed by atoms with Gasteiger partial charge < -0.3 is 10.6 Å². The third-order valence-corrected chi connectivity index (χ3v) is 5.01. The van der Waals surface area contributed by atoms with Crippen LogP contribution in [0, 0.1) is 5.92 Å². The Kier molecular flexibility index (Phi) is 7.62. The zero-order valence-corrected chi connectivity index (χ0v) is 14.5. The molecule has 21 heavy (non-hydrogen) atoms. The predicted octanol–water partition coefficient (Wildman–Crippen LogP) is 2.59. The summed E-state index contributed by atoms with van der Waals surface area (Å²) in [6.07, 6.45) is 0.377. The third kappa shape index (κ3) is 4.93. The topological polar surface area (TPSA) is 54.0 Å². The van der Waals surface area contributed by atoms with Crippen molar-refractivity contribution in [2.24, 2.45) is 5.92 Å². The zero-order chi connectivity index (χ0) is 13.1. The molecule has 3 rings (SSSR count). The van der Waals surface area contributed by atoms with E-state index in [1.165, 1.54) is 0 Å². The average Bonchev–Trinajstić information content (AvgIpc) is 2.96. The molecule has 0 bridgehead atoms. The van der Waals surface area contributed by atoms with Crippen LogP contribution in [0.4, 0.5) is 0 Å². The number of hydrogen-bond donors (Lipinski definition) is 2. The highest BCUT2D eigenvalue weighted by Gasteiger charge is 2.17. The van der Waals surface area contributed by atoms with Crippen molar-refractivity contribution in [2.45, 2.75) is 6.42 Å². The van der Waals surface area contributed by atoms with Crippen LogP contribution in [0.1, 0.15) is 5.69 Å². The van der Waals surface area contributed by atoms with Crippen molar-refractivity contribution in [3.63, 3.8) is 0 Å². The number of thiophene rings is 1.